The van der Waals surface area contributed by atoms with Crippen LogP contribution < -0.4 is 10.6 Å². The highest BCUT2D eigenvalue weighted by Crippen LogP contribution is 2.23. The van der Waals surface area contributed by atoms with Gasteiger partial charge in [0.05, 0.1) is 5.69 Å². The second-order valence-corrected chi connectivity index (χ2v) is 6.23. The predicted octanol–water partition coefficient (Wildman–Crippen LogP) is 3.41. The fourth-order valence-electron chi connectivity index (χ4n) is 2.80. The summed E-state index contributed by atoms with van der Waals surface area (Å²) in [5.41, 5.74) is 3.16. The van der Waals surface area contributed by atoms with E-state index < -0.39 is 0 Å². The van der Waals surface area contributed by atoms with Crippen molar-refractivity contribution in [3.05, 3.63) is 60.7 Å². The van der Waals surface area contributed by atoms with Crippen molar-refractivity contribution in [3.8, 4) is 5.69 Å². The van der Waals surface area contributed by atoms with Gasteiger partial charge in [-0.2, -0.15) is 0 Å². The normalized spacial score (nSPS) is 10.8. The number of hydrogen-bond acceptors (Lipinski definition) is 4. The minimum Gasteiger partial charge on any atom is -0.332 e. The van der Waals surface area contributed by atoms with Gasteiger partial charge in [-0.3, -0.25) is 4.79 Å². The molecule has 0 aliphatic carbocycles. The van der Waals surface area contributed by atoms with Crippen molar-refractivity contribution in [2.24, 2.45) is 0 Å². The summed E-state index contributed by atoms with van der Waals surface area (Å²) in [7, 11) is 0. The zero-order chi connectivity index (χ0) is 18.1. The van der Waals surface area contributed by atoms with Crippen molar-refractivity contribution in [2.45, 2.75) is 6.92 Å². The molecule has 0 spiro atoms. The van der Waals surface area contributed by atoms with Gasteiger partial charge in [0.25, 0.3) is 0 Å². The molecule has 0 atom stereocenters. The Bertz CT molecular complexity index is 1150. The van der Waals surface area contributed by atoms with Gasteiger partial charge >= 0.3 is 0 Å². The summed E-state index contributed by atoms with van der Waals surface area (Å²) in [6.45, 7) is 1.41. The van der Waals surface area contributed by atoms with Crippen LogP contribution in [0.1, 0.15) is 6.92 Å². The number of aromatic nitrogens is 3. The number of rotatable bonds is 2. The van der Waals surface area contributed by atoms with E-state index in [0.29, 0.717) is 0 Å². The Morgan fingerprint density at radius 3 is 2.62 bits per heavy atom. The SMILES string of the molecule is CC(=O)NC(=S)Nc1ccc2nn(-c3cccc4ccccc34)nc2c1. The second-order valence-electron chi connectivity index (χ2n) is 5.83. The number of amides is 1. The van der Waals surface area contributed by atoms with Crippen LogP contribution in [0.15, 0.2) is 60.7 Å². The Morgan fingerprint density at radius 2 is 1.77 bits per heavy atom. The van der Waals surface area contributed by atoms with Crippen molar-refractivity contribution < 1.29 is 4.79 Å². The fraction of sp³-hybridized carbons (Fsp3) is 0.0526. The summed E-state index contributed by atoms with van der Waals surface area (Å²) in [5.74, 6) is -0.217. The van der Waals surface area contributed by atoms with Crippen LogP contribution in [-0.4, -0.2) is 26.0 Å². The third kappa shape index (κ3) is 3.12. The lowest BCUT2D eigenvalue weighted by Gasteiger charge is -2.07. The number of benzene rings is 3. The molecular formula is C19H15N5OS. The van der Waals surface area contributed by atoms with Gasteiger partial charge in [-0.1, -0.05) is 36.4 Å². The van der Waals surface area contributed by atoms with Crippen LogP contribution in [0.3, 0.4) is 0 Å². The first-order valence-corrected chi connectivity index (χ1v) is 8.45. The lowest BCUT2D eigenvalue weighted by Crippen LogP contribution is -2.32. The topological polar surface area (TPSA) is 71.8 Å². The Balaban J connectivity index is 1.71. The van der Waals surface area contributed by atoms with E-state index >= 15 is 0 Å². The number of hydrogen-bond donors (Lipinski definition) is 2. The molecule has 4 aromatic rings. The minimum atomic E-state index is -0.217. The van der Waals surface area contributed by atoms with Crippen molar-refractivity contribution in [3.63, 3.8) is 0 Å². The average Bonchev–Trinajstić information content (AvgIpc) is 3.03. The molecule has 0 aliphatic rings. The highest BCUT2D eigenvalue weighted by molar-refractivity contribution is 7.80. The maximum Gasteiger partial charge on any atom is 0.222 e. The molecule has 128 valence electrons. The summed E-state index contributed by atoms with van der Waals surface area (Å²) in [5, 5.41) is 17.1. The molecule has 0 radical (unpaired) electrons. The molecule has 6 nitrogen and oxygen atoms in total. The van der Waals surface area contributed by atoms with Gasteiger partial charge < -0.3 is 10.6 Å². The maximum atomic E-state index is 11.1. The lowest BCUT2D eigenvalue weighted by molar-refractivity contribution is -0.117. The van der Waals surface area contributed by atoms with Gasteiger partial charge in [0.2, 0.25) is 5.91 Å². The molecule has 1 aromatic heterocycles. The standard InChI is InChI=1S/C19H15N5OS/c1-12(25)20-19(26)21-14-9-10-16-17(11-14)23-24(22-16)18-8-4-6-13-5-2-3-7-15(13)18/h2-11H,1H3,(H2,20,21,25,26). The Morgan fingerprint density at radius 1 is 1.00 bits per heavy atom. The summed E-state index contributed by atoms with van der Waals surface area (Å²) < 4.78 is 0. The summed E-state index contributed by atoms with van der Waals surface area (Å²) >= 11 is 5.09. The molecular weight excluding hydrogens is 346 g/mol. The van der Waals surface area contributed by atoms with Gasteiger partial charge in [0.1, 0.15) is 11.0 Å². The molecule has 1 amide bonds. The number of anilines is 1. The fourth-order valence-corrected chi connectivity index (χ4v) is 3.07. The van der Waals surface area contributed by atoms with Crippen LogP contribution in [-0.2, 0) is 4.79 Å². The van der Waals surface area contributed by atoms with E-state index in [-0.39, 0.29) is 11.0 Å². The van der Waals surface area contributed by atoms with Gasteiger partial charge in [-0.25, -0.2) is 0 Å². The maximum absolute atomic E-state index is 11.1. The Labute approximate surface area is 154 Å². The second kappa shape index (κ2) is 6.53. The van der Waals surface area contributed by atoms with E-state index in [1.54, 1.807) is 4.80 Å². The molecule has 26 heavy (non-hydrogen) atoms. The van der Waals surface area contributed by atoms with Crippen LogP contribution in [0.25, 0.3) is 27.5 Å². The van der Waals surface area contributed by atoms with Crippen molar-refractivity contribution in [1.29, 1.82) is 0 Å². The lowest BCUT2D eigenvalue weighted by atomic mass is 10.1. The summed E-state index contributed by atoms with van der Waals surface area (Å²) in [4.78, 5) is 12.7. The molecule has 7 heteroatoms. The van der Waals surface area contributed by atoms with Crippen LogP contribution in [0.4, 0.5) is 5.69 Å². The minimum absolute atomic E-state index is 0.217. The van der Waals surface area contributed by atoms with Gasteiger partial charge in [0.15, 0.2) is 5.11 Å². The highest BCUT2D eigenvalue weighted by Gasteiger charge is 2.09. The third-order valence-electron chi connectivity index (χ3n) is 3.91. The van der Waals surface area contributed by atoms with Crippen molar-refractivity contribution in [1.82, 2.24) is 20.3 Å². The number of carbonyl (C=O) groups excluding carboxylic acids is 1. The Kier molecular flexibility index (Phi) is 4.06. The first-order chi connectivity index (χ1) is 12.6. The summed E-state index contributed by atoms with van der Waals surface area (Å²) in [6.07, 6.45) is 0. The van der Waals surface area contributed by atoms with E-state index in [4.69, 9.17) is 12.2 Å². The molecule has 0 bridgehead atoms. The van der Waals surface area contributed by atoms with Gasteiger partial charge in [-0.15, -0.1) is 15.0 Å². The smallest absolute Gasteiger partial charge is 0.222 e. The largest absolute Gasteiger partial charge is 0.332 e. The van der Waals surface area contributed by atoms with Crippen molar-refractivity contribution >= 4 is 50.7 Å². The van der Waals surface area contributed by atoms with Crippen LogP contribution in [0.5, 0.6) is 0 Å². The van der Waals surface area contributed by atoms with E-state index in [2.05, 4.69) is 39.0 Å². The van der Waals surface area contributed by atoms with E-state index in [9.17, 15) is 4.79 Å². The van der Waals surface area contributed by atoms with E-state index in [0.717, 1.165) is 33.2 Å². The zero-order valence-corrected chi connectivity index (χ0v) is 14.7. The molecule has 0 saturated carbocycles. The van der Waals surface area contributed by atoms with Gasteiger partial charge in [0, 0.05) is 18.0 Å². The molecule has 2 N–H and O–H groups in total. The van der Waals surface area contributed by atoms with E-state index in [1.165, 1.54) is 6.92 Å². The molecule has 3 aromatic carbocycles. The molecule has 1 heterocycles. The average molecular weight is 361 g/mol. The van der Waals surface area contributed by atoms with Crippen LogP contribution >= 0.6 is 12.2 Å². The first kappa shape index (κ1) is 16.2. The third-order valence-corrected chi connectivity index (χ3v) is 4.11. The summed E-state index contributed by atoms with van der Waals surface area (Å²) in [6, 6.07) is 19.7. The molecule has 0 fully saturated rings. The van der Waals surface area contributed by atoms with Crippen molar-refractivity contribution in [2.75, 3.05) is 5.32 Å². The molecule has 0 saturated heterocycles. The van der Waals surface area contributed by atoms with E-state index in [1.807, 2.05) is 42.5 Å². The predicted molar refractivity (Wildman–Crippen MR) is 106 cm³/mol. The van der Waals surface area contributed by atoms with Gasteiger partial charge in [-0.05, 0) is 41.9 Å². The molecule has 0 unspecified atom stereocenters. The number of nitrogens with zero attached hydrogens (tertiary/aromatic N) is 3. The number of thiocarbonyl (C=S) groups is 1. The van der Waals surface area contributed by atoms with Crippen LogP contribution in [0.2, 0.25) is 0 Å². The first-order valence-electron chi connectivity index (χ1n) is 8.04. The molecule has 4 rings (SSSR count). The quantitative estimate of drug-likeness (QED) is 0.536. The number of carbonyl (C=O) groups is 1. The Hall–Kier alpha value is -3.32. The van der Waals surface area contributed by atoms with Crippen LogP contribution in [0, 0.1) is 0 Å². The number of nitrogens with one attached hydrogen (secondary N) is 2. The number of fused-ring (bicyclic) bond motifs is 2. The molecule has 0 aliphatic heterocycles. The zero-order valence-electron chi connectivity index (χ0n) is 13.9. The monoisotopic (exact) mass is 361 g/mol. The highest BCUT2D eigenvalue weighted by atomic mass is 32.1.